The molecular formula is C13H15NO4. The van der Waals surface area contributed by atoms with E-state index in [9.17, 15) is 9.59 Å². The van der Waals surface area contributed by atoms with Crippen molar-refractivity contribution in [2.24, 2.45) is 7.05 Å². The summed E-state index contributed by atoms with van der Waals surface area (Å²) in [6, 6.07) is 1.40. The fourth-order valence-electron chi connectivity index (χ4n) is 1.68. The van der Waals surface area contributed by atoms with E-state index in [-0.39, 0.29) is 11.3 Å². The molecule has 0 aromatic carbocycles. The number of ether oxygens (including phenoxy) is 1. The van der Waals surface area contributed by atoms with Gasteiger partial charge in [0, 0.05) is 7.05 Å². The molecule has 5 heteroatoms. The number of carboxylic acid groups (broad SMARTS) is 1. The van der Waals surface area contributed by atoms with E-state index in [4.69, 9.17) is 9.84 Å². The van der Waals surface area contributed by atoms with E-state index >= 15 is 0 Å². The van der Waals surface area contributed by atoms with Crippen molar-refractivity contribution in [1.82, 2.24) is 4.57 Å². The first-order valence-electron chi connectivity index (χ1n) is 5.28. The number of aromatic carboxylic acids is 1. The average Bonchev–Trinajstić information content (AvgIpc) is 2.35. The van der Waals surface area contributed by atoms with Gasteiger partial charge in [-0.15, -0.1) is 0 Å². The summed E-state index contributed by atoms with van der Waals surface area (Å²) in [6.07, 6.45) is 3.31. The number of hydrogen-bond donors (Lipinski definition) is 1. The van der Waals surface area contributed by atoms with Crippen molar-refractivity contribution in [3.05, 3.63) is 46.4 Å². The Kier molecular flexibility index (Phi) is 4.09. The van der Waals surface area contributed by atoms with Gasteiger partial charge in [0.2, 0.25) is 0 Å². The molecule has 0 bridgehead atoms. The second-order valence-electron chi connectivity index (χ2n) is 3.59. The average molecular weight is 249 g/mol. The largest absolute Gasteiger partial charge is 0.490 e. The predicted octanol–water partition coefficient (Wildman–Crippen LogP) is 1.68. The van der Waals surface area contributed by atoms with Gasteiger partial charge < -0.3 is 14.4 Å². The summed E-state index contributed by atoms with van der Waals surface area (Å²) in [5.41, 5.74) is 0.515. The van der Waals surface area contributed by atoms with Crippen molar-refractivity contribution in [1.29, 1.82) is 0 Å². The molecule has 1 N–H and O–H groups in total. The maximum absolute atomic E-state index is 12.0. The van der Waals surface area contributed by atoms with Gasteiger partial charge in [0.05, 0.1) is 12.8 Å². The molecular weight excluding hydrogens is 234 g/mol. The number of nitrogens with zero attached hydrogens (tertiary/aromatic N) is 1. The van der Waals surface area contributed by atoms with Gasteiger partial charge >= 0.3 is 5.97 Å². The first kappa shape index (κ1) is 13.8. The van der Waals surface area contributed by atoms with Crippen molar-refractivity contribution in [3.63, 3.8) is 0 Å². The standard InChI is InChI=1S/C13H15NO4/c1-5-8(6-2)10-7-9(13(16)17)11(18-4)12(15)14(10)3/h5-7H,1H2,2-4H3,(H,16,17). The third kappa shape index (κ3) is 2.20. The van der Waals surface area contributed by atoms with Crippen LogP contribution in [0, 0.1) is 0 Å². The smallest absolute Gasteiger partial charge is 0.339 e. The molecule has 18 heavy (non-hydrogen) atoms. The lowest BCUT2D eigenvalue weighted by Gasteiger charge is -2.13. The van der Waals surface area contributed by atoms with Crippen molar-refractivity contribution in [3.8, 4) is 5.75 Å². The van der Waals surface area contributed by atoms with Gasteiger partial charge in [0.15, 0.2) is 5.75 Å². The summed E-state index contributed by atoms with van der Waals surface area (Å²) in [5.74, 6) is -1.38. The lowest BCUT2D eigenvalue weighted by atomic mass is 10.1. The third-order valence-corrected chi connectivity index (χ3v) is 2.65. The summed E-state index contributed by atoms with van der Waals surface area (Å²) < 4.78 is 6.20. The van der Waals surface area contributed by atoms with E-state index < -0.39 is 11.5 Å². The molecule has 0 saturated carbocycles. The van der Waals surface area contributed by atoms with Gasteiger partial charge in [-0.05, 0) is 18.6 Å². The number of pyridine rings is 1. The minimum atomic E-state index is -1.20. The summed E-state index contributed by atoms with van der Waals surface area (Å²) in [5, 5.41) is 9.09. The molecule has 0 aliphatic rings. The van der Waals surface area contributed by atoms with Crippen LogP contribution in [0.15, 0.2) is 29.6 Å². The van der Waals surface area contributed by atoms with Crippen LogP contribution in [0.25, 0.3) is 5.57 Å². The zero-order valence-electron chi connectivity index (χ0n) is 10.6. The van der Waals surface area contributed by atoms with Crippen LogP contribution in [0.1, 0.15) is 23.0 Å². The Balaban J connectivity index is 3.73. The lowest BCUT2D eigenvalue weighted by molar-refractivity contribution is 0.0692. The molecule has 1 aromatic heterocycles. The van der Waals surface area contributed by atoms with Crippen LogP contribution in [0.3, 0.4) is 0 Å². The molecule has 0 saturated heterocycles. The zero-order chi connectivity index (χ0) is 13.9. The normalized spacial score (nSPS) is 11.2. The van der Waals surface area contributed by atoms with Crippen molar-refractivity contribution < 1.29 is 14.6 Å². The molecule has 1 heterocycles. The van der Waals surface area contributed by atoms with Gasteiger partial charge in [-0.2, -0.15) is 0 Å². The number of carboxylic acids is 1. The predicted molar refractivity (Wildman–Crippen MR) is 69.0 cm³/mol. The first-order valence-corrected chi connectivity index (χ1v) is 5.28. The molecule has 0 unspecified atom stereocenters. The quantitative estimate of drug-likeness (QED) is 0.824. The minimum absolute atomic E-state index is 0.156. The molecule has 0 fully saturated rings. The van der Waals surface area contributed by atoms with E-state index in [1.807, 2.05) is 0 Å². The van der Waals surface area contributed by atoms with E-state index in [2.05, 4.69) is 6.58 Å². The molecule has 0 aliphatic heterocycles. The number of hydrogen-bond acceptors (Lipinski definition) is 3. The van der Waals surface area contributed by atoms with Gasteiger partial charge in [-0.1, -0.05) is 18.7 Å². The second kappa shape index (κ2) is 5.35. The van der Waals surface area contributed by atoms with Gasteiger partial charge in [0.25, 0.3) is 5.56 Å². The van der Waals surface area contributed by atoms with E-state index in [1.165, 1.54) is 17.7 Å². The third-order valence-electron chi connectivity index (χ3n) is 2.65. The van der Waals surface area contributed by atoms with Gasteiger partial charge in [-0.25, -0.2) is 4.79 Å². The molecule has 0 aliphatic carbocycles. The fraction of sp³-hybridized carbons (Fsp3) is 0.231. The molecule has 96 valence electrons. The first-order chi connectivity index (χ1) is 8.47. The highest BCUT2D eigenvalue weighted by Crippen LogP contribution is 2.20. The molecule has 5 nitrogen and oxygen atoms in total. The zero-order valence-corrected chi connectivity index (χ0v) is 10.6. The lowest BCUT2D eigenvalue weighted by Crippen LogP contribution is -2.24. The Bertz CT molecular complexity index is 581. The number of aromatic nitrogens is 1. The summed E-state index contributed by atoms with van der Waals surface area (Å²) in [7, 11) is 2.83. The van der Waals surface area contributed by atoms with Crippen molar-refractivity contribution >= 4 is 11.5 Å². The van der Waals surface area contributed by atoms with E-state index in [1.54, 1.807) is 26.1 Å². The van der Waals surface area contributed by atoms with Crippen LogP contribution in [-0.2, 0) is 7.05 Å². The maximum atomic E-state index is 12.0. The molecule has 0 spiro atoms. The molecule has 1 rings (SSSR count). The van der Waals surface area contributed by atoms with Crippen LogP contribution in [-0.4, -0.2) is 22.8 Å². The van der Waals surface area contributed by atoms with E-state index in [0.717, 1.165) is 0 Å². The second-order valence-corrected chi connectivity index (χ2v) is 3.59. The molecule has 0 radical (unpaired) electrons. The highest BCUT2D eigenvalue weighted by molar-refractivity contribution is 5.92. The van der Waals surface area contributed by atoms with Crippen LogP contribution >= 0.6 is 0 Å². The SMILES string of the molecule is C=CC(=CC)c1cc(C(=O)O)c(OC)c(=O)n1C. The number of methoxy groups -OCH3 is 1. The molecule has 0 atom stereocenters. The van der Waals surface area contributed by atoms with Crippen LogP contribution < -0.4 is 10.3 Å². The summed E-state index contributed by atoms with van der Waals surface area (Å²) >= 11 is 0. The number of rotatable bonds is 4. The summed E-state index contributed by atoms with van der Waals surface area (Å²) in [4.78, 5) is 23.1. The monoisotopic (exact) mass is 249 g/mol. The van der Waals surface area contributed by atoms with Gasteiger partial charge in [0.1, 0.15) is 5.56 Å². The number of carbonyl (C=O) groups is 1. The Morgan fingerprint density at radius 1 is 1.56 bits per heavy atom. The van der Waals surface area contributed by atoms with Crippen LogP contribution in [0.4, 0.5) is 0 Å². The number of allylic oxidation sites excluding steroid dienone is 3. The highest BCUT2D eigenvalue weighted by atomic mass is 16.5. The highest BCUT2D eigenvalue weighted by Gasteiger charge is 2.19. The maximum Gasteiger partial charge on any atom is 0.339 e. The minimum Gasteiger partial charge on any atom is -0.490 e. The fourth-order valence-corrected chi connectivity index (χ4v) is 1.68. The van der Waals surface area contributed by atoms with Crippen molar-refractivity contribution in [2.75, 3.05) is 7.11 Å². The Labute approximate surface area is 105 Å². The topological polar surface area (TPSA) is 68.5 Å². The van der Waals surface area contributed by atoms with E-state index in [0.29, 0.717) is 11.3 Å². The van der Waals surface area contributed by atoms with Crippen LogP contribution in [0.5, 0.6) is 5.75 Å². The van der Waals surface area contributed by atoms with Crippen molar-refractivity contribution in [2.45, 2.75) is 6.92 Å². The summed E-state index contributed by atoms with van der Waals surface area (Å²) in [6.45, 7) is 5.42. The Hall–Kier alpha value is -2.30. The van der Waals surface area contributed by atoms with Crippen LogP contribution in [0.2, 0.25) is 0 Å². The Morgan fingerprint density at radius 3 is 2.56 bits per heavy atom. The molecule has 0 amide bonds. The Morgan fingerprint density at radius 2 is 2.17 bits per heavy atom. The van der Waals surface area contributed by atoms with Gasteiger partial charge in [-0.3, -0.25) is 4.79 Å². The molecule has 1 aromatic rings.